The van der Waals surface area contributed by atoms with E-state index in [4.69, 9.17) is 16.6 Å². The predicted molar refractivity (Wildman–Crippen MR) is 148 cm³/mol. The molecular formula is C25H26ClN3O5S3. The zero-order valence-corrected chi connectivity index (χ0v) is 23.6. The number of hydrogen-bond donors (Lipinski definition) is 1. The second kappa shape index (κ2) is 10.4. The van der Waals surface area contributed by atoms with E-state index in [1.807, 2.05) is 48.3 Å². The Kier molecular flexibility index (Phi) is 7.76. The van der Waals surface area contributed by atoms with Crippen LogP contribution in [0.15, 0.2) is 87.6 Å². The topological polar surface area (TPSA) is 107 Å². The number of likely N-dealkylation sites (N-methyl/N-ethyl adjacent to an activating group) is 1. The molecule has 3 aromatic carbocycles. The largest absolute Gasteiger partial charge is 0.343 e. The van der Waals surface area contributed by atoms with Crippen LogP contribution in [0, 0.1) is 0 Å². The first-order valence-electron chi connectivity index (χ1n) is 11.1. The molecule has 1 aliphatic rings. The van der Waals surface area contributed by atoms with Gasteiger partial charge in [-0.1, -0.05) is 59.8 Å². The van der Waals surface area contributed by atoms with E-state index >= 15 is 0 Å². The molecule has 1 N–H and O–H groups in total. The lowest BCUT2D eigenvalue weighted by Crippen LogP contribution is -2.44. The molecule has 4 rings (SSSR count). The maximum Gasteiger partial charge on any atom is 0.294 e. The lowest BCUT2D eigenvalue weighted by atomic mass is 9.84. The molecule has 0 amide bonds. The summed E-state index contributed by atoms with van der Waals surface area (Å²) in [7, 11) is -3.32. The number of amidine groups is 1. The minimum absolute atomic E-state index is 0.00427. The number of nitrogens with zero attached hydrogens (tertiary/aromatic N) is 3. The van der Waals surface area contributed by atoms with Gasteiger partial charge in [0.1, 0.15) is 4.90 Å². The van der Waals surface area contributed by atoms with Crippen molar-refractivity contribution in [1.82, 2.24) is 9.21 Å². The van der Waals surface area contributed by atoms with Crippen LogP contribution in [0.2, 0.25) is 5.02 Å². The average molecular weight is 580 g/mol. The van der Waals surface area contributed by atoms with Crippen LogP contribution in [0.1, 0.15) is 11.1 Å². The molecule has 8 nitrogen and oxygen atoms in total. The van der Waals surface area contributed by atoms with Crippen molar-refractivity contribution in [3.05, 3.63) is 88.9 Å². The van der Waals surface area contributed by atoms with E-state index < -0.39 is 25.7 Å². The van der Waals surface area contributed by atoms with Crippen molar-refractivity contribution in [2.45, 2.75) is 21.8 Å². The third-order valence-corrected chi connectivity index (χ3v) is 10.7. The Balaban J connectivity index is 1.84. The molecule has 0 aliphatic carbocycles. The number of benzene rings is 3. The van der Waals surface area contributed by atoms with Crippen LogP contribution in [0.5, 0.6) is 0 Å². The van der Waals surface area contributed by atoms with Crippen LogP contribution < -0.4 is 0 Å². The highest BCUT2D eigenvalue weighted by molar-refractivity contribution is 8.14. The monoisotopic (exact) mass is 579 g/mol. The van der Waals surface area contributed by atoms with E-state index in [2.05, 4.69) is 0 Å². The van der Waals surface area contributed by atoms with Gasteiger partial charge in [-0.05, 0) is 47.5 Å². The molecule has 0 bridgehead atoms. The van der Waals surface area contributed by atoms with Gasteiger partial charge in [-0.15, -0.1) is 0 Å². The summed E-state index contributed by atoms with van der Waals surface area (Å²) >= 11 is 7.89. The normalized spacial score (nSPS) is 19.6. The molecule has 196 valence electrons. The van der Waals surface area contributed by atoms with Crippen molar-refractivity contribution < 1.29 is 21.4 Å². The van der Waals surface area contributed by atoms with Gasteiger partial charge < -0.3 is 4.90 Å². The molecule has 0 radical (unpaired) electrons. The van der Waals surface area contributed by atoms with E-state index in [9.17, 15) is 21.4 Å². The Morgan fingerprint density at radius 2 is 1.68 bits per heavy atom. The number of halogens is 1. The predicted octanol–water partition coefficient (Wildman–Crippen LogP) is 4.64. The lowest BCUT2D eigenvalue weighted by Gasteiger charge is -2.37. The van der Waals surface area contributed by atoms with Gasteiger partial charge in [-0.3, -0.25) is 4.55 Å². The van der Waals surface area contributed by atoms with Crippen molar-refractivity contribution in [1.29, 1.82) is 0 Å². The second-order valence-corrected chi connectivity index (χ2v) is 13.7. The summed E-state index contributed by atoms with van der Waals surface area (Å²) in [6.45, 7) is 0. The van der Waals surface area contributed by atoms with Crippen LogP contribution in [0.4, 0.5) is 5.69 Å². The Morgan fingerprint density at radius 1 is 1.03 bits per heavy atom. The third kappa shape index (κ3) is 5.57. The molecule has 0 saturated carbocycles. The Bertz CT molecular complexity index is 1540. The molecule has 1 aliphatic heterocycles. The smallest absolute Gasteiger partial charge is 0.294 e. The van der Waals surface area contributed by atoms with Gasteiger partial charge in [0, 0.05) is 33.3 Å². The number of aliphatic imine (C=N–C) groups is 1. The first kappa shape index (κ1) is 27.6. The lowest BCUT2D eigenvalue weighted by molar-refractivity contribution is 0.250. The van der Waals surface area contributed by atoms with Crippen LogP contribution in [0.25, 0.3) is 0 Å². The SMILES string of the molecule is CN1C(=Nc2ccccc2)SCC1(Cc1ccc(S(=O)(=O)O)cc1)c1ccc(Cl)c(S(=O)(=O)N(C)C)c1. The summed E-state index contributed by atoms with van der Waals surface area (Å²) in [5, 5.41) is 0.879. The van der Waals surface area contributed by atoms with Gasteiger partial charge in [0.2, 0.25) is 10.0 Å². The zero-order chi connectivity index (χ0) is 27.0. The van der Waals surface area contributed by atoms with Crippen LogP contribution in [-0.4, -0.2) is 62.7 Å². The number of hydrogen-bond acceptors (Lipinski definition) is 6. The fraction of sp³-hybridized carbons (Fsp3) is 0.240. The third-order valence-electron chi connectivity index (χ3n) is 6.29. The molecule has 12 heteroatoms. The second-order valence-electron chi connectivity index (χ2n) is 8.84. The number of sulfonamides is 1. The minimum atomic E-state index is -4.32. The highest BCUT2D eigenvalue weighted by Gasteiger charge is 2.45. The van der Waals surface area contributed by atoms with Gasteiger partial charge in [-0.25, -0.2) is 17.7 Å². The van der Waals surface area contributed by atoms with Gasteiger partial charge in [0.25, 0.3) is 10.1 Å². The van der Waals surface area contributed by atoms with Crippen molar-refractivity contribution in [2.24, 2.45) is 4.99 Å². The number of thioether (sulfide) groups is 1. The molecule has 1 heterocycles. The molecule has 1 fully saturated rings. The Labute approximate surface area is 226 Å². The average Bonchev–Trinajstić information content (AvgIpc) is 3.15. The molecule has 37 heavy (non-hydrogen) atoms. The van der Waals surface area contributed by atoms with E-state index in [0.717, 1.165) is 26.3 Å². The molecule has 3 aromatic rings. The van der Waals surface area contributed by atoms with E-state index in [1.165, 1.54) is 26.2 Å². The van der Waals surface area contributed by atoms with Gasteiger partial charge in [0.05, 0.1) is 21.1 Å². The van der Waals surface area contributed by atoms with E-state index in [0.29, 0.717) is 12.2 Å². The fourth-order valence-corrected chi connectivity index (χ4v) is 7.38. The first-order valence-corrected chi connectivity index (χ1v) is 15.4. The van der Waals surface area contributed by atoms with Crippen molar-refractivity contribution in [3.63, 3.8) is 0 Å². The highest BCUT2D eigenvalue weighted by Crippen LogP contribution is 2.44. The maximum atomic E-state index is 13.0. The maximum absolute atomic E-state index is 13.0. The van der Waals surface area contributed by atoms with Gasteiger partial charge in [-0.2, -0.15) is 8.42 Å². The van der Waals surface area contributed by atoms with Gasteiger partial charge >= 0.3 is 0 Å². The van der Waals surface area contributed by atoms with Crippen LogP contribution >= 0.6 is 23.4 Å². The first-order chi connectivity index (χ1) is 17.3. The van der Waals surface area contributed by atoms with Crippen molar-refractivity contribution in [2.75, 3.05) is 26.9 Å². The summed E-state index contributed by atoms with van der Waals surface area (Å²) in [5.74, 6) is 0.554. The molecule has 1 atom stereocenters. The summed E-state index contributed by atoms with van der Waals surface area (Å²) in [6.07, 6.45) is 0.416. The fourth-order valence-electron chi connectivity index (χ4n) is 4.13. The van der Waals surface area contributed by atoms with E-state index in [1.54, 1.807) is 36.0 Å². The van der Waals surface area contributed by atoms with Crippen LogP contribution in [-0.2, 0) is 32.1 Å². The van der Waals surface area contributed by atoms with Crippen molar-refractivity contribution in [3.8, 4) is 0 Å². The molecule has 1 unspecified atom stereocenters. The van der Waals surface area contributed by atoms with Crippen LogP contribution in [0.3, 0.4) is 0 Å². The minimum Gasteiger partial charge on any atom is -0.343 e. The molecule has 0 spiro atoms. The Morgan fingerprint density at radius 3 is 2.27 bits per heavy atom. The zero-order valence-electron chi connectivity index (χ0n) is 20.4. The quantitative estimate of drug-likeness (QED) is 0.406. The van der Waals surface area contributed by atoms with E-state index in [-0.39, 0.29) is 14.8 Å². The summed E-state index contributed by atoms with van der Waals surface area (Å²) in [4.78, 5) is 6.64. The summed E-state index contributed by atoms with van der Waals surface area (Å²) < 4.78 is 59.5. The molecule has 1 saturated heterocycles. The standard InChI is InChI=1S/C25H26ClN3O5S3/c1-28(2)36(30,31)23-15-19(11-14-22(23)26)25(16-18-9-12-21(13-10-18)37(32,33)34)17-35-24(29(25)3)27-20-7-5-4-6-8-20/h4-15H,16-17H2,1-3H3,(H,32,33,34). The van der Waals surface area contributed by atoms with Crippen molar-refractivity contribution >= 4 is 54.4 Å². The summed E-state index contributed by atoms with van der Waals surface area (Å²) in [6, 6.07) is 20.5. The molecular weight excluding hydrogens is 554 g/mol. The highest BCUT2D eigenvalue weighted by atomic mass is 35.5. The number of rotatable bonds is 7. The van der Waals surface area contributed by atoms with Gasteiger partial charge in [0.15, 0.2) is 5.17 Å². The summed E-state index contributed by atoms with van der Waals surface area (Å²) in [5.41, 5.74) is 1.59. The number of para-hydroxylation sites is 1. The Hall–Kier alpha value is -2.41. The molecule has 0 aromatic heterocycles.